The number of nitro groups is 2. The van der Waals surface area contributed by atoms with Gasteiger partial charge < -0.3 is 9.47 Å². The van der Waals surface area contributed by atoms with Crippen LogP contribution in [0.4, 0.5) is 11.4 Å². The molecule has 5 rings (SSSR count). The Labute approximate surface area is 238 Å². The minimum atomic E-state index is -0.623. The number of hydrogen-bond donors (Lipinski definition) is 0. The Hall–Kier alpha value is -5.91. The van der Waals surface area contributed by atoms with E-state index >= 15 is 0 Å². The molecule has 0 unspecified atom stereocenters. The average molecular weight is 566 g/mol. The van der Waals surface area contributed by atoms with E-state index in [-0.39, 0.29) is 36.0 Å². The minimum Gasteiger partial charge on any atom is -0.490 e. The predicted octanol–water partition coefficient (Wildman–Crippen LogP) is 5.74. The van der Waals surface area contributed by atoms with E-state index in [1.54, 1.807) is 49.4 Å². The van der Waals surface area contributed by atoms with E-state index in [4.69, 9.17) is 9.47 Å². The van der Waals surface area contributed by atoms with Gasteiger partial charge in [0.25, 0.3) is 11.2 Å². The molecular weight excluding hydrogens is 542 g/mol. The molecule has 12 heteroatoms. The second kappa shape index (κ2) is 12.1. The summed E-state index contributed by atoms with van der Waals surface area (Å²) in [5.74, 6) is 0.234. The highest BCUT2D eigenvalue weighted by molar-refractivity contribution is 5.84. The molecule has 0 aliphatic rings. The number of fused-ring (bicyclic) bond motifs is 1. The van der Waals surface area contributed by atoms with Crippen LogP contribution in [0.2, 0.25) is 0 Å². The molecule has 0 bridgehead atoms. The fraction of sp³-hybridized carbons (Fsp3) is 0.100. The van der Waals surface area contributed by atoms with Gasteiger partial charge in [0.2, 0.25) is 5.75 Å². The number of aromatic nitrogens is 2. The number of para-hydroxylation sites is 1. The number of nitro benzene ring substituents is 2. The van der Waals surface area contributed by atoms with Crippen LogP contribution in [-0.4, -0.2) is 32.3 Å². The lowest BCUT2D eigenvalue weighted by Gasteiger charge is -2.13. The van der Waals surface area contributed by atoms with Gasteiger partial charge >= 0.3 is 5.69 Å². The van der Waals surface area contributed by atoms with Crippen molar-refractivity contribution in [1.82, 2.24) is 9.66 Å². The van der Waals surface area contributed by atoms with Crippen LogP contribution in [0.25, 0.3) is 22.3 Å². The Morgan fingerprint density at radius 1 is 0.905 bits per heavy atom. The van der Waals surface area contributed by atoms with E-state index in [1.165, 1.54) is 36.5 Å². The number of non-ortho nitro benzene ring substituents is 1. The van der Waals surface area contributed by atoms with Gasteiger partial charge in [0.15, 0.2) is 11.6 Å². The predicted molar refractivity (Wildman–Crippen MR) is 156 cm³/mol. The molecule has 42 heavy (non-hydrogen) atoms. The van der Waals surface area contributed by atoms with Crippen molar-refractivity contribution in [3.8, 4) is 22.9 Å². The molecule has 0 spiro atoms. The molecule has 1 aromatic heterocycles. The van der Waals surface area contributed by atoms with Gasteiger partial charge in [-0.1, -0.05) is 54.6 Å². The van der Waals surface area contributed by atoms with Gasteiger partial charge in [-0.3, -0.25) is 25.0 Å². The average Bonchev–Trinajstić information content (AvgIpc) is 3.00. The zero-order valence-electron chi connectivity index (χ0n) is 22.2. The highest BCUT2D eigenvalue weighted by atomic mass is 16.6. The summed E-state index contributed by atoms with van der Waals surface area (Å²) in [6.45, 7) is 1.72. The first kappa shape index (κ1) is 27.6. The first-order valence-corrected chi connectivity index (χ1v) is 12.8. The zero-order valence-corrected chi connectivity index (χ0v) is 22.2. The molecule has 0 radical (unpaired) electrons. The molecule has 0 fully saturated rings. The lowest BCUT2D eigenvalue weighted by atomic mass is 10.1. The van der Waals surface area contributed by atoms with Crippen LogP contribution in [0.15, 0.2) is 101 Å². The lowest BCUT2D eigenvalue weighted by Crippen LogP contribution is -2.20. The third kappa shape index (κ3) is 5.82. The molecule has 210 valence electrons. The van der Waals surface area contributed by atoms with Crippen LogP contribution in [-0.2, 0) is 6.61 Å². The zero-order chi connectivity index (χ0) is 29.6. The molecule has 0 amide bonds. The summed E-state index contributed by atoms with van der Waals surface area (Å²) in [5, 5.41) is 27.9. The molecule has 0 N–H and O–H groups in total. The molecule has 1 heterocycles. The molecule has 0 aliphatic carbocycles. The van der Waals surface area contributed by atoms with Crippen molar-refractivity contribution in [1.29, 1.82) is 0 Å². The molecule has 5 aromatic rings. The topological polar surface area (TPSA) is 152 Å². The van der Waals surface area contributed by atoms with Gasteiger partial charge in [0, 0.05) is 29.3 Å². The van der Waals surface area contributed by atoms with Crippen molar-refractivity contribution in [3.63, 3.8) is 0 Å². The van der Waals surface area contributed by atoms with Crippen LogP contribution in [0.5, 0.6) is 11.5 Å². The minimum absolute atomic E-state index is 0.0749. The summed E-state index contributed by atoms with van der Waals surface area (Å²) in [6, 6.07) is 24.5. The Bertz CT molecular complexity index is 1890. The van der Waals surface area contributed by atoms with Gasteiger partial charge in [0.1, 0.15) is 6.61 Å². The third-order valence-electron chi connectivity index (χ3n) is 6.17. The van der Waals surface area contributed by atoms with E-state index in [9.17, 15) is 25.0 Å². The van der Waals surface area contributed by atoms with Crippen molar-refractivity contribution < 1.29 is 19.3 Å². The Morgan fingerprint density at radius 2 is 1.67 bits per heavy atom. The molecular formula is C30H23N5O7. The maximum Gasteiger partial charge on any atom is 0.315 e. The standard InChI is InChI=1S/C30H23N5O7/c1-2-41-27-17-21(16-26(35(39)40)28(27)42-19-20-9-8-12-23(15-20)34(37)38)18-31-33-29(22-10-4-3-5-11-22)32-25-14-7-6-13-24(25)30(33)36/h3-18H,2,19H2,1H3. The number of rotatable bonds is 10. The maximum atomic E-state index is 13.4. The fourth-order valence-electron chi connectivity index (χ4n) is 4.27. The second-order valence-corrected chi connectivity index (χ2v) is 8.95. The van der Waals surface area contributed by atoms with Gasteiger partial charge in [-0.25, -0.2) is 4.98 Å². The van der Waals surface area contributed by atoms with Gasteiger partial charge in [-0.2, -0.15) is 9.78 Å². The quantitative estimate of drug-likeness (QED) is 0.118. The number of benzene rings is 4. The monoisotopic (exact) mass is 565 g/mol. The van der Waals surface area contributed by atoms with Crippen LogP contribution in [0, 0.1) is 20.2 Å². The van der Waals surface area contributed by atoms with E-state index in [2.05, 4.69) is 10.1 Å². The number of ether oxygens (including phenoxy) is 2. The SMILES string of the molecule is CCOc1cc(C=Nn2c(-c3ccccc3)nc3ccccc3c2=O)cc([N+](=O)[O-])c1OCc1cccc([N+](=O)[O-])c1. The van der Waals surface area contributed by atoms with Crippen LogP contribution in [0.1, 0.15) is 18.1 Å². The summed E-state index contributed by atoms with van der Waals surface area (Å²) >= 11 is 0. The molecule has 12 nitrogen and oxygen atoms in total. The summed E-state index contributed by atoms with van der Waals surface area (Å²) in [7, 11) is 0. The Kier molecular flexibility index (Phi) is 7.96. The lowest BCUT2D eigenvalue weighted by molar-refractivity contribution is -0.386. The van der Waals surface area contributed by atoms with Crippen LogP contribution < -0.4 is 15.0 Å². The van der Waals surface area contributed by atoms with Crippen molar-refractivity contribution in [2.24, 2.45) is 5.10 Å². The third-order valence-corrected chi connectivity index (χ3v) is 6.17. The molecule has 0 atom stereocenters. The van der Waals surface area contributed by atoms with E-state index in [0.29, 0.717) is 27.9 Å². The van der Waals surface area contributed by atoms with Crippen molar-refractivity contribution in [2.75, 3.05) is 6.61 Å². The first-order valence-electron chi connectivity index (χ1n) is 12.8. The first-order chi connectivity index (χ1) is 20.4. The summed E-state index contributed by atoms with van der Waals surface area (Å²) in [6.07, 6.45) is 1.31. The Balaban J connectivity index is 1.56. The second-order valence-electron chi connectivity index (χ2n) is 8.95. The largest absolute Gasteiger partial charge is 0.490 e. The highest BCUT2D eigenvalue weighted by Crippen LogP contribution is 2.39. The molecule has 0 aliphatic heterocycles. The summed E-state index contributed by atoms with van der Waals surface area (Å²) in [4.78, 5) is 40.1. The van der Waals surface area contributed by atoms with Crippen LogP contribution in [0.3, 0.4) is 0 Å². The van der Waals surface area contributed by atoms with Gasteiger partial charge in [-0.05, 0) is 30.7 Å². The van der Waals surface area contributed by atoms with E-state index < -0.39 is 21.1 Å². The van der Waals surface area contributed by atoms with Gasteiger partial charge in [-0.15, -0.1) is 0 Å². The summed E-state index contributed by atoms with van der Waals surface area (Å²) < 4.78 is 12.6. The van der Waals surface area contributed by atoms with Gasteiger partial charge in [0.05, 0.1) is 33.6 Å². The fourth-order valence-corrected chi connectivity index (χ4v) is 4.27. The normalized spacial score (nSPS) is 11.1. The van der Waals surface area contributed by atoms with Crippen molar-refractivity contribution in [3.05, 3.63) is 133 Å². The highest BCUT2D eigenvalue weighted by Gasteiger charge is 2.23. The van der Waals surface area contributed by atoms with E-state index in [1.807, 2.05) is 18.2 Å². The van der Waals surface area contributed by atoms with E-state index in [0.717, 1.165) is 4.68 Å². The van der Waals surface area contributed by atoms with Crippen molar-refractivity contribution >= 4 is 28.5 Å². The smallest absolute Gasteiger partial charge is 0.315 e. The summed E-state index contributed by atoms with van der Waals surface area (Å²) in [5.41, 5.74) is 0.938. The Morgan fingerprint density at radius 3 is 2.40 bits per heavy atom. The molecule has 4 aromatic carbocycles. The number of hydrogen-bond acceptors (Lipinski definition) is 9. The molecule has 0 saturated carbocycles. The van der Waals surface area contributed by atoms with Crippen molar-refractivity contribution in [2.45, 2.75) is 13.5 Å². The maximum absolute atomic E-state index is 13.4. The molecule has 0 saturated heterocycles. The van der Waals surface area contributed by atoms with Crippen LogP contribution >= 0.6 is 0 Å². The number of nitrogens with zero attached hydrogens (tertiary/aromatic N) is 5.